The molecule has 1 aliphatic rings. The predicted molar refractivity (Wildman–Crippen MR) is 58.1 cm³/mol. The Bertz CT molecular complexity index is 349. The molecule has 82 valence electrons. The Morgan fingerprint density at radius 2 is 2.27 bits per heavy atom. The average Bonchev–Trinajstić information content (AvgIpc) is 2.15. The van der Waals surface area contributed by atoms with E-state index in [9.17, 15) is 0 Å². The standard InChI is InChI=1S/C10H16N4O/c1-7-3-9(15-2)13-10(12-7)14-5-8(4-11)6-14/h3,8H,4-6,11H2,1-2H3. The molecule has 1 aromatic rings. The summed E-state index contributed by atoms with van der Waals surface area (Å²) in [5.41, 5.74) is 6.49. The van der Waals surface area contributed by atoms with Crippen molar-refractivity contribution in [1.82, 2.24) is 9.97 Å². The van der Waals surface area contributed by atoms with Gasteiger partial charge in [-0.15, -0.1) is 0 Å². The van der Waals surface area contributed by atoms with Gasteiger partial charge in [-0.2, -0.15) is 4.98 Å². The van der Waals surface area contributed by atoms with Crippen molar-refractivity contribution in [2.24, 2.45) is 11.7 Å². The maximum Gasteiger partial charge on any atom is 0.228 e. The van der Waals surface area contributed by atoms with E-state index in [0.717, 1.165) is 31.3 Å². The van der Waals surface area contributed by atoms with E-state index in [1.165, 1.54) is 0 Å². The van der Waals surface area contributed by atoms with Crippen molar-refractivity contribution in [3.63, 3.8) is 0 Å². The van der Waals surface area contributed by atoms with E-state index in [1.807, 2.05) is 13.0 Å². The van der Waals surface area contributed by atoms with Gasteiger partial charge in [0, 0.05) is 30.8 Å². The van der Waals surface area contributed by atoms with Crippen molar-refractivity contribution in [1.29, 1.82) is 0 Å². The first-order valence-corrected chi connectivity index (χ1v) is 5.07. The van der Waals surface area contributed by atoms with E-state index >= 15 is 0 Å². The van der Waals surface area contributed by atoms with Crippen LogP contribution in [-0.2, 0) is 0 Å². The Morgan fingerprint density at radius 1 is 1.53 bits per heavy atom. The molecule has 2 rings (SSSR count). The zero-order valence-corrected chi connectivity index (χ0v) is 9.10. The van der Waals surface area contributed by atoms with E-state index < -0.39 is 0 Å². The fourth-order valence-electron chi connectivity index (χ4n) is 1.65. The minimum absolute atomic E-state index is 0.583. The molecule has 5 heteroatoms. The molecule has 0 atom stereocenters. The molecule has 15 heavy (non-hydrogen) atoms. The number of aromatic nitrogens is 2. The molecule has 1 saturated heterocycles. The third kappa shape index (κ3) is 2.02. The zero-order valence-electron chi connectivity index (χ0n) is 9.10. The van der Waals surface area contributed by atoms with Crippen LogP contribution in [0.15, 0.2) is 6.07 Å². The summed E-state index contributed by atoms with van der Waals surface area (Å²) in [6.07, 6.45) is 0. The van der Waals surface area contributed by atoms with Crippen LogP contribution in [0.4, 0.5) is 5.95 Å². The molecule has 1 fully saturated rings. The van der Waals surface area contributed by atoms with Gasteiger partial charge in [0.1, 0.15) is 0 Å². The van der Waals surface area contributed by atoms with Gasteiger partial charge >= 0.3 is 0 Å². The quantitative estimate of drug-likeness (QED) is 0.768. The van der Waals surface area contributed by atoms with Gasteiger partial charge < -0.3 is 15.4 Å². The molecule has 0 unspecified atom stereocenters. The van der Waals surface area contributed by atoms with Crippen molar-refractivity contribution < 1.29 is 4.74 Å². The molecule has 0 saturated carbocycles. The highest BCUT2D eigenvalue weighted by molar-refractivity contribution is 5.37. The summed E-state index contributed by atoms with van der Waals surface area (Å²) in [5, 5.41) is 0. The van der Waals surface area contributed by atoms with E-state index in [2.05, 4.69) is 14.9 Å². The van der Waals surface area contributed by atoms with Crippen molar-refractivity contribution in [2.45, 2.75) is 6.92 Å². The summed E-state index contributed by atoms with van der Waals surface area (Å²) in [4.78, 5) is 10.8. The lowest BCUT2D eigenvalue weighted by Gasteiger charge is -2.38. The molecule has 1 aliphatic heterocycles. The SMILES string of the molecule is COc1cc(C)nc(N2CC(CN)C2)n1. The highest BCUT2D eigenvalue weighted by Crippen LogP contribution is 2.22. The summed E-state index contributed by atoms with van der Waals surface area (Å²) >= 11 is 0. The minimum Gasteiger partial charge on any atom is -0.481 e. The number of rotatable bonds is 3. The second-order valence-corrected chi connectivity index (χ2v) is 3.86. The molecule has 0 aliphatic carbocycles. The van der Waals surface area contributed by atoms with Crippen molar-refractivity contribution in [2.75, 3.05) is 31.6 Å². The van der Waals surface area contributed by atoms with Gasteiger partial charge in [0.15, 0.2) is 0 Å². The summed E-state index contributed by atoms with van der Waals surface area (Å²) in [6, 6.07) is 1.82. The topological polar surface area (TPSA) is 64.3 Å². The molecular weight excluding hydrogens is 192 g/mol. The van der Waals surface area contributed by atoms with Gasteiger partial charge in [0.2, 0.25) is 11.8 Å². The highest BCUT2D eigenvalue weighted by atomic mass is 16.5. The first-order chi connectivity index (χ1) is 7.22. The minimum atomic E-state index is 0.583. The molecule has 0 amide bonds. The van der Waals surface area contributed by atoms with Crippen LogP contribution in [0.1, 0.15) is 5.69 Å². The van der Waals surface area contributed by atoms with Crippen molar-refractivity contribution in [3.8, 4) is 5.88 Å². The Hall–Kier alpha value is -1.36. The number of hydrogen-bond acceptors (Lipinski definition) is 5. The van der Waals surface area contributed by atoms with E-state index in [0.29, 0.717) is 11.8 Å². The predicted octanol–water partition coefficient (Wildman–Crippen LogP) is 0.189. The van der Waals surface area contributed by atoms with Crippen LogP contribution < -0.4 is 15.4 Å². The van der Waals surface area contributed by atoms with Crippen LogP contribution in [0.5, 0.6) is 5.88 Å². The van der Waals surface area contributed by atoms with E-state index in [1.54, 1.807) is 7.11 Å². The fraction of sp³-hybridized carbons (Fsp3) is 0.600. The normalized spacial score (nSPS) is 16.3. The number of anilines is 1. The second kappa shape index (κ2) is 4.02. The number of aryl methyl sites for hydroxylation is 1. The lowest BCUT2D eigenvalue weighted by molar-refractivity contribution is 0.386. The molecule has 0 aromatic carbocycles. The molecule has 0 bridgehead atoms. The number of hydrogen-bond donors (Lipinski definition) is 1. The maximum absolute atomic E-state index is 5.57. The number of nitrogens with zero attached hydrogens (tertiary/aromatic N) is 3. The van der Waals surface area contributed by atoms with Crippen LogP contribution in [0.25, 0.3) is 0 Å². The summed E-state index contributed by atoms with van der Waals surface area (Å²) in [7, 11) is 1.62. The highest BCUT2D eigenvalue weighted by Gasteiger charge is 2.27. The summed E-state index contributed by atoms with van der Waals surface area (Å²) < 4.78 is 5.11. The largest absolute Gasteiger partial charge is 0.481 e. The smallest absolute Gasteiger partial charge is 0.228 e. The number of nitrogens with two attached hydrogens (primary N) is 1. The van der Waals surface area contributed by atoms with Crippen molar-refractivity contribution >= 4 is 5.95 Å². The van der Waals surface area contributed by atoms with Gasteiger partial charge in [-0.3, -0.25) is 0 Å². The number of ether oxygens (including phenoxy) is 1. The van der Waals surface area contributed by atoms with Gasteiger partial charge in [-0.05, 0) is 13.5 Å². The van der Waals surface area contributed by atoms with Crippen LogP contribution in [0.2, 0.25) is 0 Å². The third-order valence-corrected chi connectivity index (χ3v) is 2.60. The van der Waals surface area contributed by atoms with Crippen LogP contribution in [0.3, 0.4) is 0 Å². The fourth-order valence-corrected chi connectivity index (χ4v) is 1.65. The molecule has 0 radical (unpaired) electrons. The molecule has 5 nitrogen and oxygen atoms in total. The maximum atomic E-state index is 5.57. The summed E-state index contributed by atoms with van der Waals surface area (Å²) in [6.45, 7) is 4.57. The summed E-state index contributed by atoms with van der Waals surface area (Å²) in [5.74, 6) is 1.95. The number of methoxy groups -OCH3 is 1. The second-order valence-electron chi connectivity index (χ2n) is 3.86. The van der Waals surface area contributed by atoms with Crippen LogP contribution in [-0.4, -0.2) is 36.7 Å². The lowest BCUT2D eigenvalue weighted by Crippen LogP contribution is -2.50. The first kappa shape index (κ1) is 10.2. The Morgan fingerprint density at radius 3 is 2.87 bits per heavy atom. The molecule has 2 N–H and O–H groups in total. The molecule has 0 spiro atoms. The van der Waals surface area contributed by atoms with Crippen molar-refractivity contribution in [3.05, 3.63) is 11.8 Å². The van der Waals surface area contributed by atoms with E-state index in [4.69, 9.17) is 10.5 Å². The first-order valence-electron chi connectivity index (χ1n) is 5.07. The Labute approximate surface area is 89.3 Å². The Balaban J connectivity index is 2.12. The monoisotopic (exact) mass is 208 g/mol. The molecular formula is C10H16N4O. The zero-order chi connectivity index (χ0) is 10.8. The van der Waals surface area contributed by atoms with Gasteiger partial charge in [0.25, 0.3) is 0 Å². The molecule has 2 heterocycles. The average molecular weight is 208 g/mol. The van der Waals surface area contributed by atoms with Gasteiger partial charge in [-0.25, -0.2) is 4.98 Å². The van der Waals surface area contributed by atoms with Crippen LogP contribution >= 0.6 is 0 Å². The Kier molecular flexibility index (Phi) is 2.73. The van der Waals surface area contributed by atoms with Gasteiger partial charge in [0.05, 0.1) is 7.11 Å². The molecule has 1 aromatic heterocycles. The van der Waals surface area contributed by atoms with E-state index in [-0.39, 0.29) is 0 Å². The lowest BCUT2D eigenvalue weighted by atomic mass is 10.0. The van der Waals surface area contributed by atoms with Crippen LogP contribution in [0, 0.1) is 12.8 Å². The van der Waals surface area contributed by atoms with Gasteiger partial charge in [-0.1, -0.05) is 0 Å². The third-order valence-electron chi connectivity index (χ3n) is 2.60.